The Balaban J connectivity index is 2.12. The fourth-order valence-corrected chi connectivity index (χ4v) is 1.71. The van der Waals surface area contributed by atoms with Crippen molar-refractivity contribution in [3.05, 3.63) is 46.1 Å². The number of ether oxygens (including phenoxy) is 1. The molecule has 2 heterocycles. The zero-order valence-corrected chi connectivity index (χ0v) is 11.8. The van der Waals surface area contributed by atoms with Crippen LogP contribution in [0.2, 0.25) is 0 Å². The molecule has 6 nitrogen and oxygen atoms in total. The van der Waals surface area contributed by atoms with Crippen LogP contribution in [0.25, 0.3) is 0 Å². The van der Waals surface area contributed by atoms with Crippen LogP contribution in [0.15, 0.2) is 29.2 Å². The number of methoxy groups -OCH3 is 1. The minimum absolute atomic E-state index is 0.154. The number of H-pyrrole nitrogens is 1. The van der Waals surface area contributed by atoms with Gasteiger partial charge in [-0.15, -0.1) is 0 Å². The Morgan fingerprint density at radius 2 is 2.20 bits per heavy atom. The third-order valence-electron chi connectivity index (χ3n) is 2.79. The van der Waals surface area contributed by atoms with Crippen molar-refractivity contribution in [1.29, 1.82) is 0 Å². The van der Waals surface area contributed by atoms with Crippen molar-refractivity contribution in [2.45, 2.75) is 26.3 Å². The molecular weight excluding hydrogens is 256 g/mol. The van der Waals surface area contributed by atoms with Crippen LogP contribution >= 0.6 is 0 Å². The Morgan fingerprint density at radius 3 is 2.90 bits per heavy atom. The summed E-state index contributed by atoms with van der Waals surface area (Å²) >= 11 is 0. The maximum atomic E-state index is 11.6. The van der Waals surface area contributed by atoms with Gasteiger partial charge in [-0.05, 0) is 11.6 Å². The molecule has 20 heavy (non-hydrogen) atoms. The van der Waals surface area contributed by atoms with Crippen LogP contribution in [0.3, 0.4) is 0 Å². The van der Waals surface area contributed by atoms with E-state index in [2.05, 4.69) is 20.3 Å². The highest BCUT2D eigenvalue weighted by Gasteiger charge is 2.05. The van der Waals surface area contributed by atoms with Gasteiger partial charge in [-0.25, -0.2) is 9.97 Å². The molecule has 2 rings (SSSR count). The molecule has 0 aliphatic rings. The van der Waals surface area contributed by atoms with E-state index in [1.807, 2.05) is 26.0 Å². The number of rotatable bonds is 5. The molecule has 0 bridgehead atoms. The minimum Gasteiger partial charge on any atom is -0.481 e. The molecule has 0 saturated carbocycles. The van der Waals surface area contributed by atoms with Crippen molar-refractivity contribution < 1.29 is 4.74 Å². The second-order valence-corrected chi connectivity index (χ2v) is 4.73. The molecule has 6 heteroatoms. The number of aromatic nitrogens is 3. The predicted octanol–water partition coefficient (Wildman–Crippen LogP) is 1.91. The number of pyridine rings is 1. The van der Waals surface area contributed by atoms with Crippen LogP contribution in [0, 0.1) is 0 Å². The summed E-state index contributed by atoms with van der Waals surface area (Å²) in [7, 11) is 1.58. The minimum atomic E-state index is -0.154. The third kappa shape index (κ3) is 3.57. The van der Waals surface area contributed by atoms with Crippen molar-refractivity contribution in [3.8, 4) is 5.88 Å². The van der Waals surface area contributed by atoms with Crippen molar-refractivity contribution in [3.63, 3.8) is 0 Å². The van der Waals surface area contributed by atoms with Crippen LogP contribution < -0.4 is 15.6 Å². The lowest BCUT2D eigenvalue weighted by Gasteiger charge is -2.09. The molecule has 2 aromatic heterocycles. The standard InChI is InChI=1S/C14H18N4O2/c1-9(2)14-17-11(7-12(19)18-14)16-8-10-4-5-15-13(6-10)20-3/h4-7,9H,8H2,1-3H3,(H2,16,17,18,19). The summed E-state index contributed by atoms with van der Waals surface area (Å²) in [6.07, 6.45) is 1.68. The van der Waals surface area contributed by atoms with Crippen LogP contribution in [-0.4, -0.2) is 22.1 Å². The molecule has 2 aromatic rings. The molecule has 2 N–H and O–H groups in total. The molecule has 0 radical (unpaired) electrons. The van der Waals surface area contributed by atoms with E-state index < -0.39 is 0 Å². The summed E-state index contributed by atoms with van der Waals surface area (Å²) in [5, 5.41) is 3.13. The lowest BCUT2D eigenvalue weighted by molar-refractivity contribution is 0.397. The van der Waals surface area contributed by atoms with Gasteiger partial charge in [0.1, 0.15) is 11.6 Å². The molecule has 0 aliphatic heterocycles. The molecule has 0 amide bonds. The fraction of sp³-hybridized carbons (Fsp3) is 0.357. The van der Waals surface area contributed by atoms with Gasteiger partial charge in [-0.1, -0.05) is 13.8 Å². The highest BCUT2D eigenvalue weighted by Crippen LogP contribution is 2.12. The molecule has 0 atom stereocenters. The normalized spacial score (nSPS) is 10.6. The van der Waals surface area contributed by atoms with E-state index >= 15 is 0 Å². The first kappa shape index (κ1) is 14.0. The molecule has 0 aliphatic carbocycles. The molecule has 0 aromatic carbocycles. The second-order valence-electron chi connectivity index (χ2n) is 4.73. The van der Waals surface area contributed by atoms with Crippen molar-refractivity contribution in [2.75, 3.05) is 12.4 Å². The fourth-order valence-electron chi connectivity index (χ4n) is 1.71. The first-order chi connectivity index (χ1) is 9.58. The van der Waals surface area contributed by atoms with Gasteiger partial charge in [0.15, 0.2) is 0 Å². The smallest absolute Gasteiger partial charge is 0.252 e. The van der Waals surface area contributed by atoms with E-state index in [1.54, 1.807) is 13.3 Å². The lowest BCUT2D eigenvalue weighted by Crippen LogP contribution is -2.14. The van der Waals surface area contributed by atoms with Crippen LogP contribution in [0.4, 0.5) is 5.82 Å². The Morgan fingerprint density at radius 1 is 1.40 bits per heavy atom. The molecule has 106 valence electrons. The predicted molar refractivity (Wildman–Crippen MR) is 77.1 cm³/mol. The Labute approximate surface area is 117 Å². The van der Waals surface area contributed by atoms with E-state index in [0.717, 1.165) is 5.56 Å². The monoisotopic (exact) mass is 274 g/mol. The van der Waals surface area contributed by atoms with E-state index in [1.165, 1.54) is 6.07 Å². The van der Waals surface area contributed by atoms with E-state index in [9.17, 15) is 4.79 Å². The average Bonchev–Trinajstić information content (AvgIpc) is 2.44. The lowest BCUT2D eigenvalue weighted by atomic mass is 10.2. The maximum Gasteiger partial charge on any atom is 0.252 e. The summed E-state index contributed by atoms with van der Waals surface area (Å²) in [6.45, 7) is 4.51. The topological polar surface area (TPSA) is 79.9 Å². The van der Waals surface area contributed by atoms with Gasteiger partial charge in [-0.2, -0.15) is 0 Å². The first-order valence-corrected chi connectivity index (χ1v) is 6.42. The number of aromatic amines is 1. The average molecular weight is 274 g/mol. The number of anilines is 1. The Kier molecular flexibility index (Phi) is 4.34. The summed E-state index contributed by atoms with van der Waals surface area (Å²) in [6, 6.07) is 5.17. The zero-order valence-electron chi connectivity index (χ0n) is 11.8. The van der Waals surface area contributed by atoms with Crippen LogP contribution in [0.1, 0.15) is 31.2 Å². The maximum absolute atomic E-state index is 11.6. The highest BCUT2D eigenvalue weighted by atomic mass is 16.5. The van der Waals surface area contributed by atoms with Gasteiger partial charge in [0, 0.05) is 30.8 Å². The number of nitrogens with zero attached hydrogens (tertiary/aromatic N) is 2. The third-order valence-corrected chi connectivity index (χ3v) is 2.79. The van der Waals surface area contributed by atoms with Crippen LogP contribution in [0.5, 0.6) is 5.88 Å². The molecular formula is C14H18N4O2. The molecule has 0 saturated heterocycles. The first-order valence-electron chi connectivity index (χ1n) is 6.42. The van der Waals surface area contributed by atoms with Gasteiger partial charge in [0.2, 0.25) is 5.88 Å². The number of hydrogen-bond donors (Lipinski definition) is 2. The summed E-state index contributed by atoms with van der Waals surface area (Å²) in [5.41, 5.74) is 0.850. The Hall–Kier alpha value is -2.37. The summed E-state index contributed by atoms with van der Waals surface area (Å²) in [5.74, 6) is 1.97. The SMILES string of the molecule is COc1cc(CNc2cc(=O)[nH]c(C(C)C)n2)ccn1. The van der Waals surface area contributed by atoms with Gasteiger partial charge >= 0.3 is 0 Å². The van der Waals surface area contributed by atoms with Crippen molar-refractivity contribution in [1.82, 2.24) is 15.0 Å². The van der Waals surface area contributed by atoms with Gasteiger partial charge in [0.05, 0.1) is 7.11 Å². The van der Waals surface area contributed by atoms with E-state index in [-0.39, 0.29) is 11.5 Å². The highest BCUT2D eigenvalue weighted by molar-refractivity contribution is 5.35. The number of nitrogens with one attached hydrogen (secondary N) is 2. The second kappa shape index (κ2) is 6.18. The molecule has 0 spiro atoms. The van der Waals surface area contributed by atoms with Gasteiger partial charge in [-0.3, -0.25) is 4.79 Å². The zero-order chi connectivity index (χ0) is 14.5. The van der Waals surface area contributed by atoms with E-state index in [4.69, 9.17) is 4.74 Å². The van der Waals surface area contributed by atoms with E-state index in [0.29, 0.717) is 24.1 Å². The van der Waals surface area contributed by atoms with Crippen LogP contribution in [-0.2, 0) is 6.54 Å². The quantitative estimate of drug-likeness (QED) is 0.870. The van der Waals surface area contributed by atoms with Crippen molar-refractivity contribution in [2.24, 2.45) is 0 Å². The van der Waals surface area contributed by atoms with Gasteiger partial charge < -0.3 is 15.0 Å². The molecule has 0 unspecified atom stereocenters. The largest absolute Gasteiger partial charge is 0.481 e. The summed E-state index contributed by atoms with van der Waals surface area (Å²) < 4.78 is 5.07. The summed E-state index contributed by atoms with van der Waals surface area (Å²) in [4.78, 5) is 22.7. The van der Waals surface area contributed by atoms with Crippen molar-refractivity contribution >= 4 is 5.82 Å². The Bertz CT molecular complexity index is 637. The molecule has 0 fully saturated rings. The number of hydrogen-bond acceptors (Lipinski definition) is 5. The van der Waals surface area contributed by atoms with Gasteiger partial charge in [0.25, 0.3) is 5.56 Å².